The highest BCUT2D eigenvalue weighted by atomic mass is 31.2. The molecule has 108 heavy (non-hydrogen) atoms. The standard InChI is InChI=1S/C89H174O17P2/c1-6-9-12-15-18-21-24-27-30-32-34-36-38-40-43-46-49-54-60-65-70-75-89(94)105-84(78-99-86(91)72-67-62-57-52-47-44-42-39-37-35-33-31-28-25-22-19-16-13-10-7-2)80-103-107(95,96)101-76-83(90)77-102-108(97,98)104-81-85(79-100-87(92)73-68-63-58-55-50-51-56-61-66-71-82(4)5)106-88(93)74-69-64-59-53-48-45-41-29-26-23-20-17-14-11-8-3/h82-85,90H,6-81H2,1-5H3,(H,95,96)(H,97,98)/t83-,84-,85-/m1/s1. The highest BCUT2D eigenvalue weighted by molar-refractivity contribution is 7.47. The summed E-state index contributed by atoms with van der Waals surface area (Å²) >= 11 is 0. The number of rotatable bonds is 89. The molecule has 0 saturated carbocycles. The molecule has 0 rings (SSSR count). The molecule has 0 aliphatic carbocycles. The number of esters is 4. The number of hydrogen-bond acceptors (Lipinski definition) is 15. The monoisotopic (exact) mass is 1580 g/mol. The number of hydrogen-bond donors (Lipinski definition) is 3. The van der Waals surface area contributed by atoms with Crippen LogP contribution in [0.25, 0.3) is 0 Å². The zero-order valence-corrected chi connectivity index (χ0v) is 72.8. The van der Waals surface area contributed by atoms with Crippen molar-refractivity contribution < 1.29 is 80.2 Å². The number of carbonyl (C=O) groups is 4. The van der Waals surface area contributed by atoms with Crippen molar-refractivity contribution in [3.8, 4) is 0 Å². The Morgan fingerprint density at radius 2 is 0.426 bits per heavy atom. The fourth-order valence-corrected chi connectivity index (χ4v) is 15.6. The molecule has 0 fully saturated rings. The van der Waals surface area contributed by atoms with E-state index in [9.17, 15) is 43.2 Å². The molecule has 3 N–H and O–H groups in total. The Balaban J connectivity index is 5.24. The van der Waals surface area contributed by atoms with Gasteiger partial charge in [-0.1, -0.05) is 433 Å². The Hall–Kier alpha value is -1.94. The molecule has 17 nitrogen and oxygen atoms in total. The van der Waals surface area contributed by atoms with Gasteiger partial charge in [-0.25, -0.2) is 9.13 Å². The summed E-state index contributed by atoms with van der Waals surface area (Å²) in [5.41, 5.74) is 0. The average molecular weight is 1580 g/mol. The van der Waals surface area contributed by atoms with Crippen molar-refractivity contribution in [2.75, 3.05) is 39.6 Å². The number of aliphatic hydroxyl groups excluding tert-OH is 1. The van der Waals surface area contributed by atoms with Crippen molar-refractivity contribution in [3.63, 3.8) is 0 Å². The lowest BCUT2D eigenvalue weighted by Gasteiger charge is -2.21. The zero-order valence-electron chi connectivity index (χ0n) is 71.0. The smallest absolute Gasteiger partial charge is 0.462 e. The second-order valence-corrected chi connectivity index (χ2v) is 35.4. The van der Waals surface area contributed by atoms with Gasteiger partial charge in [0, 0.05) is 25.7 Å². The first-order chi connectivity index (χ1) is 52.5. The van der Waals surface area contributed by atoms with E-state index in [1.54, 1.807) is 0 Å². The van der Waals surface area contributed by atoms with Crippen LogP contribution in [0.2, 0.25) is 0 Å². The Morgan fingerprint density at radius 3 is 0.630 bits per heavy atom. The predicted molar refractivity (Wildman–Crippen MR) is 446 cm³/mol. The van der Waals surface area contributed by atoms with Crippen LogP contribution < -0.4 is 0 Å². The highest BCUT2D eigenvalue weighted by Gasteiger charge is 2.30. The molecule has 0 aromatic rings. The molecule has 0 aliphatic heterocycles. The maximum Gasteiger partial charge on any atom is 0.472 e. The van der Waals surface area contributed by atoms with Crippen molar-refractivity contribution in [2.24, 2.45) is 5.92 Å². The van der Waals surface area contributed by atoms with Crippen molar-refractivity contribution in [3.05, 3.63) is 0 Å². The van der Waals surface area contributed by atoms with Crippen molar-refractivity contribution in [2.45, 2.75) is 502 Å². The maximum absolute atomic E-state index is 13.2. The van der Waals surface area contributed by atoms with E-state index >= 15 is 0 Å². The molecule has 0 amide bonds. The number of aliphatic hydroxyl groups is 1. The third-order valence-electron chi connectivity index (χ3n) is 21.0. The number of carbonyl (C=O) groups excluding carboxylic acids is 4. The SMILES string of the molecule is CCCCCCCCCCCCCCCCCCCCCCCC(=O)O[C@H](COC(=O)CCCCCCCCCCCCCCCCCCCCCC)COP(=O)(O)OC[C@@H](O)COP(=O)(O)OC[C@@H](COC(=O)CCCCCCCCCCCC(C)C)OC(=O)CCCCCCCCCCCCCCCCC. The topological polar surface area (TPSA) is 237 Å². The molecule has 0 saturated heterocycles. The van der Waals surface area contributed by atoms with Gasteiger partial charge in [0.15, 0.2) is 12.2 Å². The summed E-state index contributed by atoms with van der Waals surface area (Å²) < 4.78 is 69.0. The Bertz CT molecular complexity index is 2050. The number of phosphoric ester groups is 2. The van der Waals surface area contributed by atoms with Crippen LogP contribution in [0.15, 0.2) is 0 Å². The summed E-state index contributed by atoms with van der Waals surface area (Å²) in [6, 6.07) is 0. The van der Waals surface area contributed by atoms with Crippen LogP contribution in [-0.4, -0.2) is 96.7 Å². The van der Waals surface area contributed by atoms with Gasteiger partial charge in [-0.2, -0.15) is 0 Å². The summed E-state index contributed by atoms with van der Waals surface area (Å²) in [6.07, 6.45) is 76.5. The molecule has 0 radical (unpaired) electrons. The first kappa shape index (κ1) is 106. The fraction of sp³-hybridized carbons (Fsp3) is 0.955. The Morgan fingerprint density at radius 1 is 0.250 bits per heavy atom. The van der Waals surface area contributed by atoms with Crippen LogP contribution >= 0.6 is 15.6 Å². The molecule has 0 aromatic carbocycles. The van der Waals surface area contributed by atoms with Crippen molar-refractivity contribution in [1.29, 1.82) is 0 Å². The van der Waals surface area contributed by atoms with E-state index in [2.05, 4.69) is 34.6 Å². The van der Waals surface area contributed by atoms with E-state index in [4.69, 9.17) is 37.0 Å². The van der Waals surface area contributed by atoms with Crippen LogP contribution in [0.1, 0.15) is 484 Å². The molecule has 2 unspecified atom stereocenters. The van der Waals surface area contributed by atoms with Gasteiger partial charge >= 0.3 is 39.5 Å². The summed E-state index contributed by atoms with van der Waals surface area (Å²) in [6.45, 7) is 7.36. The van der Waals surface area contributed by atoms with Gasteiger partial charge in [0.05, 0.1) is 26.4 Å². The lowest BCUT2D eigenvalue weighted by atomic mass is 10.0. The van der Waals surface area contributed by atoms with Gasteiger partial charge in [0.1, 0.15) is 19.3 Å². The maximum atomic E-state index is 13.2. The number of phosphoric acid groups is 2. The molecule has 19 heteroatoms. The van der Waals surface area contributed by atoms with Crippen molar-refractivity contribution >= 4 is 39.5 Å². The molecule has 642 valence electrons. The fourth-order valence-electron chi connectivity index (χ4n) is 14.0. The molecular formula is C89H174O17P2. The minimum atomic E-state index is -4.97. The van der Waals surface area contributed by atoms with Crippen molar-refractivity contribution in [1.82, 2.24) is 0 Å². The Kier molecular flexibility index (Phi) is 80.2. The molecule has 0 bridgehead atoms. The number of unbranched alkanes of at least 4 members (excludes halogenated alkanes) is 61. The summed E-state index contributed by atoms with van der Waals surface area (Å²) in [5.74, 6) is -1.35. The second kappa shape index (κ2) is 81.6. The third-order valence-corrected chi connectivity index (χ3v) is 22.9. The molecule has 0 spiro atoms. The second-order valence-electron chi connectivity index (χ2n) is 32.5. The van der Waals surface area contributed by atoms with E-state index < -0.39 is 97.5 Å². The summed E-state index contributed by atoms with van der Waals surface area (Å²) in [7, 11) is -9.93. The van der Waals surface area contributed by atoms with Gasteiger partial charge in [-0.3, -0.25) is 37.3 Å². The first-order valence-electron chi connectivity index (χ1n) is 46.1. The van der Waals surface area contributed by atoms with Crippen LogP contribution in [0, 0.1) is 5.92 Å². The normalized spacial score (nSPS) is 13.7. The number of ether oxygens (including phenoxy) is 4. The largest absolute Gasteiger partial charge is 0.472 e. The lowest BCUT2D eigenvalue weighted by Crippen LogP contribution is -2.30. The summed E-state index contributed by atoms with van der Waals surface area (Å²) in [4.78, 5) is 73.3. The minimum Gasteiger partial charge on any atom is -0.462 e. The first-order valence-corrected chi connectivity index (χ1v) is 49.1. The van der Waals surface area contributed by atoms with Gasteiger partial charge in [-0.15, -0.1) is 0 Å². The van der Waals surface area contributed by atoms with Gasteiger partial charge in [0.2, 0.25) is 0 Å². The molecule has 0 heterocycles. The molecular weight excluding hydrogens is 1400 g/mol. The van der Waals surface area contributed by atoms with E-state index in [1.165, 1.54) is 308 Å². The van der Waals surface area contributed by atoms with E-state index in [-0.39, 0.29) is 25.7 Å². The van der Waals surface area contributed by atoms with Gasteiger partial charge in [-0.05, 0) is 31.6 Å². The van der Waals surface area contributed by atoms with Gasteiger partial charge < -0.3 is 33.8 Å². The summed E-state index contributed by atoms with van der Waals surface area (Å²) in [5, 5.41) is 10.7. The predicted octanol–water partition coefficient (Wildman–Crippen LogP) is 27.5. The molecule has 5 atom stereocenters. The minimum absolute atomic E-state index is 0.108. The van der Waals surface area contributed by atoms with Crippen LogP contribution in [0.4, 0.5) is 0 Å². The molecule has 0 aromatic heterocycles. The highest BCUT2D eigenvalue weighted by Crippen LogP contribution is 2.45. The van der Waals surface area contributed by atoms with Crippen LogP contribution in [-0.2, 0) is 65.4 Å². The zero-order chi connectivity index (χ0) is 79.0. The van der Waals surface area contributed by atoms with E-state index in [1.807, 2.05) is 0 Å². The molecule has 0 aliphatic rings. The lowest BCUT2D eigenvalue weighted by molar-refractivity contribution is -0.161. The Labute approximate surface area is 664 Å². The van der Waals surface area contributed by atoms with E-state index in [0.29, 0.717) is 25.7 Å². The van der Waals surface area contributed by atoms with E-state index in [0.717, 1.165) is 95.8 Å². The van der Waals surface area contributed by atoms with Crippen LogP contribution in [0.3, 0.4) is 0 Å². The third kappa shape index (κ3) is 82.1. The van der Waals surface area contributed by atoms with Gasteiger partial charge in [0.25, 0.3) is 0 Å². The average Bonchev–Trinajstić information content (AvgIpc) is 0.900. The van der Waals surface area contributed by atoms with Crippen LogP contribution in [0.5, 0.6) is 0 Å². The quantitative estimate of drug-likeness (QED) is 0.0222.